The SMILES string of the molecule is CNc1ncc(-c2nc(N3CCOCC3)c3nc(N4CCOCC4)n(CC4CC4)c3n2)cn1. The molecular weight excluding hydrogens is 422 g/mol. The predicted molar refractivity (Wildman–Crippen MR) is 125 cm³/mol. The molecule has 0 bridgehead atoms. The van der Waals surface area contributed by atoms with Gasteiger partial charge < -0.3 is 24.6 Å². The Kier molecular flexibility index (Phi) is 5.43. The van der Waals surface area contributed by atoms with Crippen molar-refractivity contribution in [2.45, 2.75) is 19.4 Å². The van der Waals surface area contributed by atoms with Gasteiger partial charge in [-0.15, -0.1) is 0 Å². The monoisotopic (exact) mass is 451 g/mol. The summed E-state index contributed by atoms with van der Waals surface area (Å²) in [5.41, 5.74) is 2.53. The lowest BCUT2D eigenvalue weighted by Crippen LogP contribution is -2.38. The number of nitrogens with one attached hydrogen (secondary N) is 1. The van der Waals surface area contributed by atoms with Crippen LogP contribution in [0, 0.1) is 5.92 Å². The minimum absolute atomic E-state index is 0.571. The number of anilines is 3. The molecule has 0 amide bonds. The van der Waals surface area contributed by atoms with Crippen LogP contribution in [-0.4, -0.2) is 89.1 Å². The average molecular weight is 452 g/mol. The van der Waals surface area contributed by atoms with Crippen molar-refractivity contribution in [3.05, 3.63) is 12.4 Å². The first-order chi connectivity index (χ1) is 16.3. The van der Waals surface area contributed by atoms with Gasteiger partial charge in [0.15, 0.2) is 22.8 Å². The van der Waals surface area contributed by atoms with Crippen LogP contribution in [-0.2, 0) is 16.0 Å². The Balaban J connectivity index is 1.52. The molecule has 0 radical (unpaired) electrons. The summed E-state index contributed by atoms with van der Waals surface area (Å²) < 4.78 is 13.5. The molecule has 1 aliphatic carbocycles. The summed E-state index contributed by atoms with van der Waals surface area (Å²) in [5.74, 6) is 3.72. The minimum Gasteiger partial charge on any atom is -0.378 e. The molecule has 0 aromatic carbocycles. The molecule has 33 heavy (non-hydrogen) atoms. The molecule has 0 atom stereocenters. The van der Waals surface area contributed by atoms with E-state index in [0.717, 1.165) is 74.4 Å². The lowest BCUT2D eigenvalue weighted by Gasteiger charge is -2.28. The van der Waals surface area contributed by atoms with Crippen molar-refractivity contribution in [1.29, 1.82) is 0 Å². The molecule has 0 spiro atoms. The van der Waals surface area contributed by atoms with Gasteiger partial charge in [-0.25, -0.2) is 24.9 Å². The van der Waals surface area contributed by atoms with E-state index in [0.29, 0.717) is 30.9 Å². The molecule has 1 N–H and O–H groups in total. The van der Waals surface area contributed by atoms with Crippen LogP contribution >= 0.6 is 0 Å². The van der Waals surface area contributed by atoms with Gasteiger partial charge in [-0.05, 0) is 18.8 Å². The zero-order valence-corrected chi connectivity index (χ0v) is 18.9. The van der Waals surface area contributed by atoms with E-state index in [2.05, 4.69) is 29.7 Å². The largest absolute Gasteiger partial charge is 0.378 e. The summed E-state index contributed by atoms with van der Waals surface area (Å²) >= 11 is 0. The second kappa shape index (κ2) is 8.71. The molecule has 11 nitrogen and oxygen atoms in total. The fourth-order valence-corrected chi connectivity index (χ4v) is 4.40. The summed E-state index contributed by atoms with van der Waals surface area (Å²) in [5, 5.41) is 2.96. The number of rotatable bonds is 6. The van der Waals surface area contributed by atoms with Gasteiger partial charge in [-0.3, -0.25) is 4.57 Å². The Bertz CT molecular complexity index is 1120. The number of ether oxygens (including phenoxy) is 2. The van der Waals surface area contributed by atoms with Crippen LogP contribution in [0.4, 0.5) is 17.7 Å². The molecule has 5 heterocycles. The maximum Gasteiger partial charge on any atom is 0.222 e. The van der Waals surface area contributed by atoms with Crippen molar-refractivity contribution < 1.29 is 9.47 Å². The van der Waals surface area contributed by atoms with Crippen LogP contribution in [0.1, 0.15) is 12.8 Å². The maximum atomic E-state index is 5.60. The van der Waals surface area contributed by atoms with E-state index in [4.69, 9.17) is 24.4 Å². The van der Waals surface area contributed by atoms with Crippen molar-refractivity contribution in [3.63, 3.8) is 0 Å². The van der Waals surface area contributed by atoms with Crippen LogP contribution in [0.25, 0.3) is 22.6 Å². The molecule has 3 aliphatic rings. The fourth-order valence-electron chi connectivity index (χ4n) is 4.40. The van der Waals surface area contributed by atoms with Gasteiger partial charge in [0.25, 0.3) is 0 Å². The summed E-state index contributed by atoms with van der Waals surface area (Å²) in [7, 11) is 1.80. The number of hydrogen-bond acceptors (Lipinski definition) is 10. The zero-order chi connectivity index (χ0) is 22.2. The van der Waals surface area contributed by atoms with Crippen molar-refractivity contribution in [2.75, 3.05) is 74.8 Å². The molecule has 3 aromatic rings. The second-order valence-corrected chi connectivity index (χ2v) is 8.75. The van der Waals surface area contributed by atoms with Gasteiger partial charge in [0.2, 0.25) is 11.9 Å². The maximum absolute atomic E-state index is 5.60. The van der Waals surface area contributed by atoms with Crippen molar-refractivity contribution in [3.8, 4) is 11.4 Å². The standard InChI is InChI=1S/C22H29N9O2/c1-23-21-24-12-16(13-25-21)18-27-19(29-4-8-32-9-5-29)17-20(28-18)31(14-15-2-3-15)22(26-17)30-6-10-33-11-7-30/h12-13,15H,2-11,14H2,1H3,(H,23,24,25). The van der Waals surface area contributed by atoms with Crippen molar-refractivity contribution in [2.24, 2.45) is 5.92 Å². The van der Waals surface area contributed by atoms with E-state index in [1.165, 1.54) is 12.8 Å². The Morgan fingerprint density at radius 3 is 2.21 bits per heavy atom. The van der Waals surface area contributed by atoms with Crippen LogP contribution < -0.4 is 15.1 Å². The molecule has 6 rings (SSSR count). The Labute approximate surface area is 192 Å². The highest BCUT2D eigenvalue weighted by Gasteiger charge is 2.30. The first-order valence-electron chi connectivity index (χ1n) is 11.7. The topological polar surface area (TPSA) is 106 Å². The number of morpholine rings is 2. The molecular formula is C22H29N9O2. The molecule has 2 aliphatic heterocycles. The highest BCUT2D eigenvalue weighted by molar-refractivity contribution is 5.88. The van der Waals surface area contributed by atoms with E-state index in [-0.39, 0.29) is 0 Å². The van der Waals surface area contributed by atoms with Gasteiger partial charge in [0, 0.05) is 52.2 Å². The Morgan fingerprint density at radius 2 is 1.58 bits per heavy atom. The lowest BCUT2D eigenvalue weighted by molar-refractivity contribution is 0.121. The first-order valence-corrected chi connectivity index (χ1v) is 11.7. The number of aromatic nitrogens is 6. The Morgan fingerprint density at radius 1 is 0.909 bits per heavy atom. The molecule has 174 valence electrons. The van der Waals surface area contributed by atoms with Gasteiger partial charge in [-0.1, -0.05) is 0 Å². The predicted octanol–water partition coefficient (Wildman–Crippen LogP) is 1.41. The summed E-state index contributed by atoms with van der Waals surface area (Å²) in [6.07, 6.45) is 6.06. The number of imidazole rings is 1. The minimum atomic E-state index is 0.571. The molecule has 0 unspecified atom stereocenters. The van der Waals surface area contributed by atoms with E-state index in [1.54, 1.807) is 19.4 Å². The highest BCUT2D eigenvalue weighted by Crippen LogP contribution is 2.36. The second-order valence-electron chi connectivity index (χ2n) is 8.75. The summed E-state index contributed by atoms with van der Waals surface area (Å²) in [6.45, 7) is 6.95. The van der Waals surface area contributed by atoms with Gasteiger partial charge >= 0.3 is 0 Å². The fraction of sp³-hybridized carbons (Fsp3) is 0.591. The van der Waals surface area contributed by atoms with E-state index in [1.807, 2.05) is 0 Å². The summed E-state index contributed by atoms with van der Waals surface area (Å²) in [4.78, 5) is 28.5. The third-order valence-corrected chi connectivity index (χ3v) is 6.43. The lowest BCUT2D eigenvalue weighted by atomic mass is 10.3. The zero-order valence-electron chi connectivity index (χ0n) is 18.9. The van der Waals surface area contributed by atoms with Gasteiger partial charge in [0.05, 0.1) is 32.0 Å². The van der Waals surface area contributed by atoms with E-state index < -0.39 is 0 Å². The van der Waals surface area contributed by atoms with Crippen LogP contribution in [0.2, 0.25) is 0 Å². The molecule has 11 heteroatoms. The quantitative estimate of drug-likeness (QED) is 0.591. The average Bonchev–Trinajstić information content (AvgIpc) is 3.64. The van der Waals surface area contributed by atoms with E-state index in [9.17, 15) is 0 Å². The normalized spacial score (nSPS) is 19.3. The van der Waals surface area contributed by atoms with Crippen LogP contribution in [0.3, 0.4) is 0 Å². The summed E-state index contributed by atoms with van der Waals surface area (Å²) in [6, 6.07) is 0. The first kappa shape index (κ1) is 20.5. The van der Waals surface area contributed by atoms with Crippen molar-refractivity contribution >= 4 is 28.9 Å². The molecule has 2 saturated heterocycles. The Hall–Kier alpha value is -3.05. The van der Waals surface area contributed by atoms with E-state index >= 15 is 0 Å². The third kappa shape index (κ3) is 4.06. The van der Waals surface area contributed by atoms with Crippen LogP contribution in [0.15, 0.2) is 12.4 Å². The van der Waals surface area contributed by atoms with Crippen molar-refractivity contribution in [1.82, 2.24) is 29.5 Å². The highest BCUT2D eigenvalue weighted by atomic mass is 16.5. The van der Waals surface area contributed by atoms with Crippen LogP contribution in [0.5, 0.6) is 0 Å². The molecule has 3 aromatic heterocycles. The number of nitrogens with zero attached hydrogens (tertiary/aromatic N) is 8. The number of fused-ring (bicyclic) bond motifs is 1. The third-order valence-electron chi connectivity index (χ3n) is 6.43. The van der Waals surface area contributed by atoms with Gasteiger partial charge in [0.1, 0.15) is 0 Å². The molecule has 3 fully saturated rings. The van der Waals surface area contributed by atoms with Gasteiger partial charge in [-0.2, -0.15) is 0 Å². The number of hydrogen-bond donors (Lipinski definition) is 1. The molecule has 1 saturated carbocycles. The smallest absolute Gasteiger partial charge is 0.222 e.